The predicted molar refractivity (Wildman–Crippen MR) is 76.2 cm³/mol. The van der Waals surface area contributed by atoms with Crippen molar-refractivity contribution in [1.29, 1.82) is 0 Å². The van der Waals surface area contributed by atoms with E-state index in [0.29, 0.717) is 17.8 Å². The summed E-state index contributed by atoms with van der Waals surface area (Å²) in [7, 11) is 1.98. The summed E-state index contributed by atoms with van der Waals surface area (Å²) >= 11 is 0. The van der Waals surface area contributed by atoms with Gasteiger partial charge < -0.3 is 15.0 Å². The molecular formula is C15H22N2O. The largest absolute Gasteiger partial charge is 0.506 e. The number of aromatic nitrogens is 1. The lowest BCUT2D eigenvalue weighted by Gasteiger charge is -2.09. The van der Waals surface area contributed by atoms with Crippen LogP contribution in [0.2, 0.25) is 0 Å². The molecular weight excluding hydrogens is 224 g/mol. The van der Waals surface area contributed by atoms with Crippen molar-refractivity contribution in [1.82, 2.24) is 9.88 Å². The Labute approximate surface area is 108 Å². The van der Waals surface area contributed by atoms with Gasteiger partial charge in [0.1, 0.15) is 5.75 Å². The molecule has 0 spiro atoms. The average Bonchev–Trinajstić information content (AvgIpc) is 2.70. The second-order valence-electron chi connectivity index (χ2n) is 5.22. The molecule has 1 aromatic carbocycles. The Morgan fingerprint density at radius 3 is 2.61 bits per heavy atom. The minimum Gasteiger partial charge on any atom is -0.506 e. The van der Waals surface area contributed by atoms with Crippen molar-refractivity contribution in [2.75, 3.05) is 7.05 Å². The summed E-state index contributed by atoms with van der Waals surface area (Å²) in [6.07, 6.45) is 3.14. The smallest absolute Gasteiger partial charge is 0.139 e. The molecule has 2 aromatic rings. The van der Waals surface area contributed by atoms with Crippen molar-refractivity contribution < 1.29 is 5.11 Å². The fraction of sp³-hybridized carbons (Fsp3) is 0.467. The zero-order chi connectivity index (χ0) is 13.3. The number of benzene rings is 1. The van der Waals surface area contributed by atoms with E-state index in [1.807, 2.05) is 13.1 Å². The lowest BCUT2D eigenvalue weighted by molar-refractivity contribution is 0.475. The first-order valence-corrected chi connectivity index (χ1v) is 6.53. The van der Waals surface area contributed by atoms with Gasteiger partial charge >= 0.3 is 0 Å². The van der Waals surface area contributed by atoms with E-state index in [-0.39, 0.29) is 0 Å². The quantitative estimate of drug-likeness (QED) is 0.870. The highest BCUT2D eigenvalue weighted by Gasteiger charge is 2.14. The Morgan fingerprint density at radius 2 is 2.00 bits per heavy atom. The normalized spacial score (nSPS) is 13.4. The highest BCUT2D eigenvalue weighted by atomic mass is 16.3. The van der Waals surface area contributed by atoms with Gasteiger partial charge in [0.15, 0.2) is 0 Å². The van der Waals surface area contributed by atoms with Crippen molar-refractivity contribution in [3.05, 3.63) is 30.0 Å². The van der Waals surface area contributed by atoms with Crippen LogP contribution in [-0.2, 0) is 6.42 Å². The van der Waals surface area contributed by atoms with Crippen molar-refractivity contribution in [2.24, 2.45) is 0 Å². The molecule has 0 fully saturated rings. The molecule has 1 heterocycles. The summed E-state index contributed by atoms with van der Waals surface area (Å²) in [6, 6.07) is 6.53. The number of likely N-dealkylation sites (N-methyl/N-ethyl adjacent to an activating group) is 1. The molecule has 0 saturated heterocycles. The van der Waals surface area contributed by atoms with Crippen molar-refractivity contribution in [3.63, 3.8) is 0 Å². The number of rotatable bonds is 4. The molecule has 1 atom stereocenters. The van der Waals surface area contributed by atoms with E-state index >= 15 is 0 Å². The van der Waals surface area contributed by atoms with Gasteiger partial charge in [-0.2, -0.15) is 0 Å². The third kappa shape index (κ3) is 2.23. The number of phenols is 1. The van der Waals surface area contributed by atoms with Crippen LogP contribution >= 0.6 is 0 Å². The maximum Gasteiger partial charge on any atom is 0.139 e. The molecule has 0 aliphatic rings. The van der Waals surface area contributed by atoms with E-state index in [9.17, 15) is 5.11 Å². The minimum atomic E-state index is 0.347. The Hall–Kier alpha value is -1.48. The first-order chi connectivity index (χ1) is 8.54. The number of aromatic hydroxyl groups is 1. The standard InChI is InChI=1S/C15H22N2O/c1-10(2)17-9-12(8-11(3)16-4)13-6-5-7-14(18)15(13)17/h5-7,9-11,16,18H,8H2,1-4H3. The van der Waals surface area contributed by atoms with E-state index in [0.717, 1.165) is 17.3 Å². The zero-order valence-electron chi connectivity index (χ0n) is 11.6. The van der Waals surface area contributed by atoms with Crippen LogP contribution in [0.1, 0.15) is 32.4 Å². The number of fused-ring (bicyclic) bond motifs is 1. The van der Waals surface area contributed by atoms with Crippen LogP contribution in [0.5, 0.6) is 5.75 Å². The van der Waals surface area contributed by atoms with E-state index in [1.54, 1.807) is 6.07 Å². The van der Waals surface area contributed by atoms with Gasteiger partial charge in [-0.25, -0.2) is 0 Å². The molecule has 0 aliphatic carbocycles. The van der Waals surface area contributed by atoms with Gasteiger partial charge in [0.2, 0.25) is 0 Å². The van der Waals surface area contributed by atoms with E-state index in [4.69, 9.17) is 0 Å². The fourth-order valence-corrected chi connectivity index (χ4v) is 2.37. The minimum absolute atomic E-state index is 0.347. The molecule has 0 aliphatic heterocycles. The Morgan fingerprint density at radius 1 is 1.28 bits per heavy atom. The van der Waals surface area contributed by atoms with Crippen molar-refractivity contribution in [3.8, 4) is 5.75 Å². The maximum atomic E-state index is 10.1. The molecule has 1 unspecified atom stereocenters. The van der Waals surface area contributed by atoms with Crippen LogP contribution in [0.15, 0.2) is 24.4 Å². The summed E-state index contributed by atoms with van der Waals surface area (Å²) < 4.78 is 2.16. The van der Waals surface area contributed by atoms with E-state index < -0.39 is 0 Å². The summed E-state index contributed by atoms with van der Waals surface area (Å²) in [4.78, 5) is 0. The summed E-state index contributed by atoms with van der Waals surface area (Å²) in [5.74, 6) is 0.365. The second kappa shape index (κ2) is 5.02. The molecule has 0 amide bonds. The molecule has 0 saturated carbocycles. The summed E-state index contributed by atoms with van der Waals surface area (Å²) in [6.45, 7) is 6.44. The SMILES string of the molecule is CNC(C)Cc1cn(C(C)C)c2c(O)cccc12. The second-order valence-corrected chi connectivity index (χ2v) is 5.22. The number of hydrogen-bond acceptors (Lipinski definition) is 2. The van der Waals surface area contributed by atoms with Crippen LogP contribution in [0.3, 0.4) is 0 Å². The van der Waals surface area contributed by atoms with Gasteiger partial charge in [0, 0.05) is 23.7 Å². The van der Waals surface area contributed by atoms with E-state index in [1.165, 1.54) is 5.56 Å². The molecule has 18 heavy (non-hydrogen) atoms. The van der Waals surface area contributed by atoms with Crippen LogP contribution in [0.4, 0.5) is 0 Å². The maximum absolute atomic E-state index is 10.1. The van der Waals surface area contributed by atoms with Crippen LogP contribution in [-0.4, -0.2) is 22.8 Å². The molecule has 0 radical (unpaired) electrons. The number of nitrogens with one attached hydrogen (secondary N) is 1. The number of hydrogen-bond donors (Lipinski definition) is 2. The molecule has 2 rings (SSSR count). The first-order valence-electron chi connectivity index (χ1n) is 6.53. The highest BCUT2D eigenvalue weighted by molar-refractivity contribution is 5.89. The topological polar surface area (TPSA) is 37.2 Å². The van der Waals surface area contributed by atoms with Crippen molar-refractivity contribution in [2.45, 2.75) is 39.3 Å². The Kier molecular flexibility index (Phi) is 3.62. The first kappa shape index (κ1) is 13.0. The van der Waals surface area contributed by atoms with Gasteiger partial charge in [0.25, 0.3) is 0 Å². The summed E-state index contributed by atoms with van der Waals surface area (Å²) in [5, 5.41) is 14.5. The molecule has 1 aromatic heterocycles. The van der Waals surface area contributed by atoms with Gasteiger partial charge in [-0.3, -0.25) is 0 Å². The van der Waals surface area contributed by atoms with Crippen LogP contribution < -0.4 is 5.32 Å². The van der Waals surface area contributed by atoms with Gasteiger partial charge in [-0.05, 0) is 45.9 Å². The lowest BCUT2D eigenvalue weighted by Crippen LogP contribution is -2.23. The molecule has 3 nitrogen and oxygen atoms in total. The third-order valence-corrected chi connectivity index (χ3v) is 3.49. The monoisotopic (exact) mass is 246 g/mol. The molecule has 98 valence electrons. The third-order valence-electron chi connectivity index (χ3n) is 3.49. The predicted octanol–water partition coefficient (Wildman–Crippen LogP) is 3.08. The Bertz CT molecular complexity index is 543. The highest BCUT2D eigenvalue weighted by Crippen LogP contribution is 2.31. The fourth-order valence-electron chi connectivity index (χ4n) is 2.37. The van der Waals surface area contributed by atoms with Gasteiger partial charge in [0.05, 0.1) is 5.52 Å². The average molecular weight is 246 g/mol. The van der Waals surface area contributed by atoms with Crippen LogP contribution in [0, 0.1) is 0 Å². The lowest BCUT2D eigenvalue weighted by atomic mass is 10.1. The Balaban J connectivity index is 2.58. The summed E-state index contributed by atoms with van der Waals surface area (Å²) in [5.41, 5.74) is 2.24. The van der Waals surface area contributed by atoms with Crippen LogP contribution in [0.25, 0.3) is 10.9 Å². The number of para-hydroxylation sites is 1. The van der Waals surface area contributed by atoms with Gasteiger partial charge in [-0.15, -0.1) is 0 Å². The van der Waals surface area contributed by atoms with Crippen molar-refractivity contribution >= 4 is 10.9 Å². The molecule has 2 N–H and O–H groups in total. The number of phenolic OH excluding ortho intramolecular Hbond substituents is 1. The molecule has 3 heteroatoms. The van der Waals surface area contributed by atoms with E-state index in [2.05, 4.69) is 42.9 Å². The zero-order valence-corrected chi connectivity index (χ0v) is 11.6. The molecule has 0 bridgehead atoms. The van der Waals surface area contributed by atoms with Gasteiger partial charge in [-0.1, -0.05) is 12.1 Å². The number of nitrogens with zero attached hydrogens (tertiary/aromatic N) is 1.